The van der Waals surface area contributed by atoms with Crippen molar-refractivity contribution in [2.24, 2.45) is 5.73 Å². The first-order chi connectivity index (χ1) is 8.24. The van der Waals surface area contributed by atoms with Gasteiger partial charge in [-0.1, -0.05) is 13.0 Å². The fraction of sp³-hybridized carbons (Fsp3) is 0.571. The minimum absolute atomic E-state index is 0.399. The summed E-state index contributed by atoms with van der Waals surface area (Å²) in [5, 5.41) is 0. The van der Waals surface area contributed by atoms with E-state index in [2.05, 4.69) is 19.1 Å². The van der Waals surface area contributed by atoms with E-state index >= 15 is 0 Å². The smallest absolute Gasteiger partial charge is 0.161 e. The highest BCUT2D eigenvalue weighted by Crippen LogP contribution is 2.35. The summed E-state index contributed by atoms with van der Waals surface area (Å²) in [5.74, 6) is 2.15. The van der Waals surface area contributed by atoms with E-state index < -0.39 is 0 Å². The highest BCUT2D eigenvalue weighted by molar-refractivity contribution is 5.44. The summed E-state index contributed by atoms with van der Waals surface area (Å²) in [4.78, 5) is 0. The van der Waals surface area contributed by atoms with E-state index in [0.29, 0.717) is 18.6 Å². The quantitative estimate of drug-likeness (QED) is 0.824. The number of rotatable bonds is 6. The molecule has 0 saturated heterocycles. The maximum Gasteiger partial charge on any atom is 0.161 e. The van der Waals surface area contributed by atoms with E-state index in [9.17, 15) is 0 Å². The Morgan fingerprint density at radius 3 is 2.71 bits per heavy atom. The normalized spacial score (nSPS) is 16.6. The molecule has 1 fully saturated rings. The van der Waals surface area contributed by atoms with Crippen molar-refractivity contribution >= 4 is 0 Å². The third-order valence-electron chi connectivity index (χ3n) is 3.17. The number of hydrogen-bond donors (Lipinski definition) is 1. The van der Waals surface area contributed by atoms with E-state index in [4.69, 9.17) is 15.2 Å². The highest BCUT2D eigenvalue weighted by Gasteiger charge is 2.25. The zero-order chi connectivity index (χ0) is 12.3. The van der Waals surface area contributed by atoms with Gasteiger partial charge in [0.15, 0.2) is 11.5 Å². The van der Waals surface area contributed by atoms with E-state index in [-0.39, 0.29) is 0 Å². The lowest BCUT2D eigenvalue weighted by Crippen LogP contribution is -2.05. The SMILES string of the molecule is COc1cc(C(C)CCN)ccc1OC1CC1. The molecule has 1 unspecified atom stereocenters. The molecule has 0 radical (unpaired) electrons. The van der Waals surface area contributed by atoms with Gasteiger partial charge in [-0.25, -0.2) is 0 Å². The van der Waals surface area contributed by atoms with Gasteiger partial charge in [-0.3, -0.25) is 0 Å². The molecule has 1 saturated carbocycles. The van der Waals surface area contributed by atoms with Crippen LogP contribution in [-0.4, -0.2) is 19.8 Å². The van der Waals surface area contributed by atoms with Gasteiger partial charge in [0.05, 0.1) is 13.2 Å². The Bertz CT molecular complexity index is 374. The monoisotopic (exact) mass is 235 g/mol. The zero-order valence-corrected chi connectivity index (χ0v) is 10.6. The fourth-order valence-corrected chi connectivity index (χ4v) is 1.87. The van der Waals surface area contributed by atoms with Gasteiger partial charge in [0.1, 0.15) is 0 Å². The lowest BCUT2D eigenvalue weighted by molar-refractivity contribution is 0.282. The van der Waals surface area contributed by atoms with Crippen molar-refractivity contribution in [1.82, 2.24) is 0 Å². The molecule has 1 aromatic carbocycles. The van der Waals surface area contributed by atoms with Crippen LogP contribution in [-0.2, 0) is 0 Å². The molecule has 1 aliphatic carbocycles. The van der Waals surface area contributed by atoms with E-state index in [1.165, 1.54) is 5.56 Å². The molecule has 1 aromatic rings. The van der Waals surface area contributed by atoms with E-state index in [1.54, 1.807) is 7.11 Å². The van der Waals surface area contributed by atoms with Gasteiger partial charge in [0.2, 0.25) is 0 Å². The second kappa shape index (κ2) is 5.41. The Morgan fingerprint density at radius 1 is 1.35 bits per heavy atom. The van der Waals surface area contributed by atoms with E-state index in [1.807, 2.05) is 6.07 Å². The van der Waals surface area contributed by atoms with Crippen molar-refractivity contribution in [3.8, 4) is 11.5 Å². The Hall–Kier alpha value is -1.22. The van der Waals surface area contributed by atoms with Crippen molar-refractivity contribution in [3.63, 3.8) is 0 Å². The largest absolute Gasteiger partial charge is 0.493 e. The van der Waals surface area contributed by atoms with Crippen molar-refractivity contribution in [2.75, 3.05) is 13.7 Å². The Balaban J connectivity index is 2.14. The molecule has 0 bridgehead atoms. The first-order valence-electron chi connectivity index (χ1n) is 6.29. The van der Waals surface area contributed by atoms with Crippen molar-refractivity contribution in [3.05, 3.63) is 23.8 Å². The first-order valence-corrected chi connectivity index (χ1v) is 6.29. The summed E-state index contributed by atoms with van der Waals surface area (Å²) < 4.78 is 11.2. The molecule has 0 spiro atoms. The molecule has 3 heteroatoms. The van der Waals surface area contributed by atoms with Crippen LogP contribution in [0, 0.1) is 0 Å². The van der Waals surface area contributed by atoms with E-state index in [0.717, 1.165) is 30.8 Å². The van der Waals surface area contributed by atoms with Gasteiger partial charge in [0, 0.05) is 0 Å². The molecule has 1 atom stereocenters. The summed E-state index contributed by atoms with van der Waals surface area (Å²) in [6.07, 6.45) is 3.71. The van der Waals surface area contributed by atoms with Gasteiger partial charge < -0.3 is 15.2 Å². The second-order valence-electron chi connectivity index (χ2n) is 4.71. The number of hydrogen-bond acceptors (Lipinski definition) is 3. The number of nitrogens with two attached hydrogens (primary N) is 1. The predicted octanol–water partition coefficient (Wildman–Crippen LogP) is 2.69. The molecule has 0 aliphatic heterocycles. The zero-order valence-electron chi connectivity index (χ0n) is 10.6. The van der Waals surface area contributed by atoms with Crippen LogP contribution in [0.5, 0.6) is 11.5 Å². The molecule has 94 valence electrons. The lowest BCUT2D eigenvalue weighted by atomic mass is 9.97. The molecule has 3 nitrogen and oxygen atoms in total. The summed E-state index contributed by atoms with van der Waals surface area (Å²) in [6, 6.07) is 6.19. The summed E-state index contributed by atoms with van der Waals surface area (Å²) in [5.41, 5.74) is 6.85. The van der Waals surface area contributed by atoms with Crippen molar-refractivity contribution in [1.29, 1.82) is 0 Å². The molecule has 17 heavy (non-hydrogen) atoms. The van der Waals surface area contributed by atoms with Gasteiger partial charge in [0.25, 0.3) is 0 Å². The van der Waals surface area contributed by atoms with Crippen LogP contribution in [0.1, 0.15) is 37.7 Å². The Kier molecular flexibility index (Phi) is 3.89. The molecule has 2 N–H and O–H groups in total. The average Bonchev–Trinajstić information content (AvgIpc) is 3.14. The fourth-order valence-electron chi connectivity index (χ4n) is 1.87. The molecule has 2 rings (SSSR count). The lowest BCUT2D eigenvalue weighted by Gasteiger charge is -2.15. The van der Waals surface area contributed by atoms with Gasteiger partial charge in [-0.05, 0) is 49.4 Å². The van der Waals surface area contributed by atoms with Crippen LogP contribution in [0.2, 0.25) is 0 Å². The van der Waals surface area contributed by atoms with Crippen LogP contribution >= 0.6 is 0 Å². The third-order valence-corrected chi connectivity index (χ3v) is 3.17. The van der Waals surface area contributed by atoms with Crippen LogP contribution < -0.4 is 15.2 Å². The van der Waals surface area contributed by atoms with Crippen LogP contribution in [0.15, 0.2) is 18.2 Å². The van der Waals surface area contributed by atoms with Crippen LogP contribution in [0.3, 0.4) is 0 Å². The minimum Gasteiger partial charge on any atom is -0.493 e. The predicted molar refractivity (Wildman–Crippen MR) is 68.7 cm³/mol. The third kappa shape index (κ3) is 3.13. The van der Waals surface area contributed by atoms with Crippen molar-refractivity contribution < 1.29 is 9.47 Å². The maximum atomic E-state index is 5.79. The average molecular weight is 235 g/mol. The number of ether oxygens (including phenoxy) is 2. The van der Waals surface area contributed by atoms with Gasteiger partial charge >= 0.3 is 0 Å². The summed E-state index contributed by atoms with van der Waals surface area (Å²) >= 11 is 0. The van der Waals surface area contributed by atoms with Crippen LogP contribution in [0.4, 0.5) is 0 Å². The number of benzene rings is 1. The van der Waals surface area contributed by atoms with Crippen molar-refractivity contribution in [2.45, 2.75) is 38.2 Å². The first kappa shape index (κ1) is 12.2. The number of methoxy groups -OCH3 is 1. The van der Waals surface area contributed by atoms with Crippen LogP contribution in [0.25, 0.3) is 0 Å². The minimum atomic E-state index is 0.399. The van der Waals surface area contributed by atoms with Gasteiger partial charge in [-0.15, -0.1) is 0 Å². The molecule has 0 amide bonds. The molecule has 1 aliphatic rings. The Morgan fingerprint density at radius 2 is 2.12 bits per heavy atom. The molecule has 0 aromatic heterocycles. The summed E-state index contributed by atoms with van der Waals surface area (Å²) in [6.45, 7) is 2.90. The molecular formula is C14H21NO2. The standard InChI is InChI=1S/C14H21NO2/c1-10(7-8-15)11-3-6-13(14(9-11)16-2)17-12-4-5-12/h3,6,9-10,12H,4-5,7-8,15H2,1-2H3. The van der Waals surface area contributed by atoms with Gasteiger partial charge in [-0.2, -0.15) is 0 Å². The second-order valence-corrected chi connectivity index (χ2v) is 4.71. The maximum absolute atomic E-state index is 5.79. The summed E-state index contributed by atoms with van der Waals surface area (Å²) in [7, 11) is 1.69. The topological polar surface area (TPSA) is 44.5 Å². The molecule has 0 heterocycles. The Labute approximate surface area is 103 Å². The highest BCUT2D eigenvalue weighted by atomic mass is 16.5. The molecular weight excluding hydrogens is 214 g/mol.